The Kier molecular flexibility index (Phi) is 3.10. The first kappa shape index (κ1) is 10.3. The summed E-state index contributed by atoms with van der Waals surface area (Å²) in [7, 11) is 4.23. The molecule has 15 heavy (non-hydrogen) atoms. The van der Waals surface area contributed by atoms with Crippen LogP contribution in [0.25, 0.3) is 5.57 Å². The van der Waals surface area contributed by atoms with Gasteiger partial charge in [-0.2, -0.15) is 0 Å². The van der Waals surface area contributed by atoms with Crippen molar-refractivity contribution in [3.63, 3.8) is 0 Å². The van der Waals surface area contributed by atoms with Crippen molar-refractivity contribution in [1.29, 1.82) is 0 Å². The number of para-hydroxylation sites is 1. The van der Waals surface area contributed by atoms with Gasteiger partial charge in [0.1, 0.15) is 0 Å². The molecule has 0 unspecified atom stereocenters. The van der Waals surface area contributed by atoms with E-state index in [0.717, 1.165) is 0 Å². The van der Waals surface area contributed by atoms with Crippen LogP contribution in [0.4, 0.5) is 5.69 Å². The molecule has 0 spiro atoms. The number of nitrogens with zero attached hydrogens (tertiary/aromatic N) is 1. The zero-order valence-corrected chi connectivity index (χ0v) is 9.66. The van der Waals surface area contributed by atoms with Crippen LogP contribution in [0.5, 0.6) is 0 Å². The van der Waals surface area contributed by atoms with E-state index in [4.69, 9.17) is 0 Å². The molecule has 2 rings (SSSR count). The van der Waals surface area contributed by atoms with Gasteiger partial charge >= 0.3 is 0 Å². The number of hydrogen-bond donors (Lipinski definition) is 0. The van der Waals surface area contributed by atoms with Gasteiger partial charge in [-0.3, -0.25) is 0 Å². The predicted molar refractivity (Wildman–Crippen MR) is 67.2 cm³/mol. The Labute approximate surface area is 92.4 Å². The van der Waals surface area contributed by atoms with E-state index in [1.165, 1.54) is 42.5 Å². The molecular weight excluding hydrogens is 182 g/mol. The number of benzene rings is 1. The lowest BCUT2D eigenvalue weighted by molar-refractivity contribution is 0.742. The van der Waals surface area contributed by atoms with Crippen LogP contribution in [-0.2, 0) is 0 Å². The molecule has 1 aromatic rings. The molecule has 0 atom stereocenters. The number of allylic oxidation sites excluding steroid dienone is 2. The lowest BCUT2D eigenvalue weighted by Gasteiger charge is -2.21. The van der Waals surface area contributed by atoms with E-state index in [0.29, 0.717) is 0 Å². The van der Waals surface area contributed by atoms with E-state index in [-0.39, 0.29) is 0 Å². The molecule has 0 bridgehead atoms. The van der Waals surface area contributed by atoms with Crippen LogP contribution in [-0.4, -0.2) is 14.1 Å². The van der Waals surface area contributed by atoms with Gasteiger partial charge in [0.25, 0.3) is 0 Å². The Morgan fingerprint density at radius 2 is 1.87 bits per heavy atom. The average Bonchev–Trinajstić information content (AvgIpc) is 2.30. The summed E-state index contributed by atoms with van der Waals surface area (Å²) in [6.45, 7) is 0. The van der Waals surface area contributed by atoms with Crippen LogP contribution in [0, 0.1) is 0 Å². The molecule has 0 fully saturated rings. The van der Waals surface area contributed by atoms with Crippen molar-refractivity contribution in [2.45, 2.75) is 25.7 Å². The molecule has 1 heteroatoms. The van der Waals surface area contributed by atoms with Crippen LogP contribution in [0.15, 0.2) is 30.3 Å². The standard InChI is InChI=1S/C14H19N/c1-15(2)14-11-7-6-10-13(14)12-8-4-3-5-9-12/h6-8,10-11H,3-5,9H2,1-2H3. The van der Waals surface area contributed by atoms with Gasteiger partial charge in [-0.15, -0.1) is 0 Å². The van der Waals surface area contributed by atoms with Crippen molar-refractivity contribution in [1.82, 2.24) is 0 Å². The van der Waals surface area contributed by atoms with Crippen molar-refractivity contribution in [2.24, 2.45) is 0 Å². The first-order chi connectivity index (χ1) is 7.29. The minimum absolute atomic E-state index is 1.24. The quantitative estimate of drug-likeness (QED) is 0.705. The molecule has 1 nitrogen and oxygen atoms in total. The Bertz CT molecular complexity index is 363. The van der Waals surface area contributed by atoms with Crippen LogP contribution < -0.4 is 4.90 Å². The van der Waals surface area contributed by atoms with E-state index in [2.05, 4.69) is 49.3 Å². The summed E-state index contributed by atoms with van der Waals surface area (Å²) in [5, 5.41) is 0. The monoisotopic (exact) mass is 201 g/mol. The summed E-state index contributed by atoms with van der Waals surface area (Å²) >= 11 is 0. The van der Waals surface area contributed by atoms with Crippen molar-refractivity contribution < 1.29 is 0 Å². The van der Waals surface area contributed by atoms with Gasteiger partial charge in [-0.25, -0.2) is 0 Å². The summed E-state index contributed by atoms with van der Waals surface area (Å²) in [4.78, 5) is 2.20. The first-order valence-electron chi connectivity index (χ1n) is 5.75. The normalized spacial score (nSPS) is 16.0. The highest BCUT2D eigenvalue weighted by atomic mass is 15.1. The number of rotatable bonds is 2. The van der Waals surface area contributed by atoms with Crippen LogP contribution in [0.2, 0.25) is 0 Å². The SMILES string of the molecule is CN(C)c1ccccc1C1=CCCCC1. The fourth-order valence-electron chi connectivity index (χ4n) is 2.22. The highest BCUT2D eigenvalue weighted by Crippen LogP contribution is 2.32. The molecule has 0 saturated heterocycles. The lowest BCUT2D eigenvalue weighted by atomic mass is 9.92. The van der Waals surface area contributed by atoms with E-state index < -0.39 is 0 Å². The van der Waals surface area contributed by atoms with Gasteiger partial charge in [-0.1, -0.05) is 24.3 Å². The smallest absolute Gasteiger partial charge is 0.0437 e. The molecule has 0 aromatic heterocycles. The summed E-state index contributed by atoms with van der Waals surface area (Å²) in [6, 6.07) is 8.69. The highest BCUT2D eigenvalue weighted by Gasteiger charge is 2.10. The maximum atomic E-state index is 2.41. The highest BCUT2D eigenvalue weighted by molar-refractivity contribution is 5.77. The van der Waals surface area contributed by atoms with E-state index in [9.17, 15) is 0 Å². The Morgan fingerprint density at radius 1 is 1.07 bits per heavy atom. The third-order valence-electron chi connectivity index (χ3n) is 3.02. The van der Waals surface area contributed by atoms with Gasteiger partial charge in [0.05, 0.1) is 0 Å². The van der Waals surface area contributed by atoms with Crippen LogP contribution in [0.1, 0.15) is 31.2 Å². The minimum Gasteiger partial charge on any atom is -0.377 e. The van der Waals surface area contributed by atoms with Crippen molar-refractivity contribution >= 4 is 11.3 Å². The molecule has 0 saturated carbocycles. The molecular formula is C14H19N. The van der Waals surface area contributed by atoms with Gasteiger partial charge in [0, 0.05) is 25.3 Å². The molecule has 0 N–H and O–H groups in total. The number of hydrogen-bond acceptors (Lipinski definition) is 1. The van der Waals surface area contributed by atoms with Gasteiger partial charge in [-0.05, 0) is 37.3 Å². The zero-order chi connectivity index (χ0) is 10.7. The first-order valence-corrected chi connectivity index (χ1v) is 5.75. The lowest BCUT2D eigenvalue weighted by Crippen LogP contribution is -2.11. The van der Waals surface area contributed by atoms with Gasteiger partial charge < -0.3 is 4.90 Å². The van der Waals surface area contributed by atoms with Gasteiger partial charge in [0.2, 0.25) is 0 Å². The third kappa shape index (κ3) is 2.23. The third-order valence-corrected chi connectivity index (χ3v) is 3.02. The molecule has 0 heterocycles. The molecule has 0 radical (unpaired) electrons. The molecule has 0 amide bonds. The second kappa shape index (κ2) is 4.52. The van der Waals surface area contributed by atoms with E-state index in [1.807, 2.05) is 0 Å². The fourth-order valence-corrected chi connectivity index (χ4v) is 2.22. The zero-order valence-electron chi connectivity index (χ0n) is 9.66. The Hall–Kier alpha value is -1.24. The Balaban J connectivity index is 2.38. The maximum absolute atomic E-state index is 2.41. The number of anilines is 1. The average molecular weight is 201 g/mol. The second-order valence-corrected chi connectivity index (χ2v) is 4.39. The van der Waals surface area contributed by atoms with Crippen LogP contribution >= 0.6 is 0 Å². The predicted octanol–water partition coefficient (Wildman–Crippen LogP) is 3.71. The minimum atomic E-state index is 1.24. The maximum Gasteiger partial charge on any atom is 0.0437 e. The topological polar surface area (TPSA) is 3.24 Å². The summed E-state index contributed by atoms with van der Waals surface area (Å²) < 4.78 is 0. The molecule has 1 aliphatic rings. The summed E-state index contributed by atoms with van der Waals surface area (Å²) in [6.07, 6.45) is 7.59. The largest absolute Gasteiger partial charge is 0.377 e. The molecule has 1 aliphatic carbocycles. The molecule has 1 aromatic carbocycles. The van der Waals surface area contributed by atoms with E-state index >= 15 is 0 Å². The van der Waals surface area contributed by atoms with Crippen molar-refractivity contribution in [2.75, 3.05) is 19.0 Å². The van der Waals surface area contributed by atoms with Gasteiger partial charge in [0.15, 0.2) is 0 Å². The molecule has 0 aliphatic heterocycles. The van der Waals surface area contributed by atoms with Crippen molar-refractivity contribution in [3.8, 4) is 0 Å². The fraction of sp³-hybridized carbons (Fsp3) is 0.429. The van der Waals surface area contributed by atoms with Crippen LogP contribution in [0.3, 0.4) is 0 Å². The summed E-state index contributed by atoms with van der Waals surface area (Å²) in [5.41, 5.74) is 4.29. The van der Waals surface area contributed by atoms with Crippen molar-refractivity contribution in [3.05, 3.63) is 35.9 Å². The second-order valence-electron chi connectivity index (χ2n) is 4.39. The molecule has 80 valence electrons. The Morgan fingerprint density at radius 3 is 2.53 bits per heavy atom. The summed E-state index contributed by atoms with van der Waals surface area (Å²) in [5.74, 6) is 0. The van der Waals surface area contributed by atoms with E-state index in [1.54, 1.807) is 0 Å².